The molecule has 89 heavy (non-hydrogen) atoms. The Morgan fingerprint density at radius 3 is 1.33 bits per heavy atom. The Kier molecular flexibility index (Phi) is 37.6. The van der Waals surface area contributed by atoms with Crippen LogP contribution in [-0.2, 0) is 52.5 Å². The Bertz CT molecular complexity index is 2310. The van der Waals surface area contributed by atoms with Gasteiger partial charge in [0.05, 0.1) is 47.6 Å². The number of carboxylic acids is 1. The SMILES string of the molecule is C.C=CCCC[C@@H]1C=CC[C@H]1O.C=CCCC[C@@H]1[C@H]2C[C@H]2C[C@H]1O.C=CCCC[C@@H]1[C@H]2C[C@H]2C[C@H]1OC(=O)C[C@H](C(=O)O)C(C)(C)C.CC(=O)O[C@H]1C=C[C@@H](O)C1.CC(=O)O[C@H]1C=C[C@@H](OC(=O)C(C)(C)C)C1.CC(C)(C)C(=O)O[C@@H]1C=C[C@H](O)C1.[B][B][B]. The van der Waals surface area contributed by atoms with Crippen molar-refractivity contribution in [3.63, 3.8) is 0 Å². The second-order valence-electron chi connectivity index (χ2n) is 27.6. The fraction of sp³-hybridized carbons (Fsp3) is 0.714. The molecule has 0 bridgehead atoms. The maximum absolute atomic E-state index is 12.3. The average Bonchev–Trinajstić information content (AvgIpc) is 1.64. The molecule has 0 spiro atoms. The molecule has 4 fully saturated rings. The summed E-state index contributed by atoms with van der Waals surface area (Å²) in [4.78, 5) is 67.7. The van der Waals surface area contributed by atoms with Crippen LogP contribution < -0.4 is 0 Å². The summed E-state index contributed by atoms with van der Waals surface area (Å²) < 4.78 is 25.9. The molecular formula is C70H112B3O16. The number of allylic oxidation sites excluding steroid dienone is 3. The Hall–Kier alpha value is -4.97. The zero-order valence-electron chi connectivity index (χ0n) is 55.0. The number of hydrogen-bond donors (Lipinski definition) is 5. The van der Waals surface area contributed by atoms with Crippen molar-refractivity contribution >= 4 is 58.4 Å². The van der Waals surface area contributed by atoms with Gasteiger partial charge in [0, 0.05) is 61.6 Å². The van der Waals surface area contributed by atoms with Crippen LogP contribution in [0.15, 0.2) is 86.6 Å². The van der Waals surface area contributed by atoms with E-state index >= 15 is 0 Å². The lowest BCUT2D eigenvalue weighted by molar-refractivity contribution is -0.160. The van der Waals surface area contributed by atoms with Gasteiger partial charge >= 0.3 is 35.8 Å². The lowest BCUT2D eigenvalue weighted by Gasteiger charge is -2.28. The number of rotatable bonds is 20. The second-order valence-corrected chi connectivity index (χ2v) is 27.6. The number of carboxylic acid groups (broad SMARTS) is 1. The smallest absolute Gasteiger partial charge is 0.311 e. The topological polar surface area (TPSA) is 250 Å². The molecule has 8 aliphatic rings. The monoisotopic (exact) mass is 1240 g/mol. The highest BCUT2D eigenvalue weighted by Crippen LogP contribution is 2.58. The molecule has 0 saturated heterocycles. The number of aliphatic hydroxyl groups is 4. The van der Waals surface area contributed by atoms with Crippen molar-refractivity contribution in [3.8, 4) is 0 Å². The summed E-state index contributed by atoms with van der Waals surface area (Å²) in [7, 11) is 10.0. The first-order valence-electron chi connectivity index (χ1n) is 31.9. The van der Waals surface area contributed by atoms with Gasteiger partial charge in [-0.2, -0.15) is 0 Å². The van der Waals surface area contributed by atoms with Crippen LogP contribution in [0.25, 0.3) is 0 Å². The van der Waals surface area contributed by atoms with E-state index in [-0.39, 0.29) is 86.4 Å². The molecule has 19 heteroatoms. The van der Waals surface area contributed by atoms with Crippen LogP contribution in [0.1, 0.15) is 199 Å². The van der Waals surface area contributed by atoms with Gasteiger partial charge in [-0.25, -0.2) is 0 Å². The van der Waals surface area contributed by atoms with Gasteiger partial charge in [0.15, 0.2) is 0 Å². The molecule has 0 aromatic heterocycles. The standard InChI is InChI=1S/C19H30O4.C12H18O4.C11H18O.C10H16O3.C10H16O.C7H10O3.CH4.B3/c1-5-6-7-8-13-14-9-12(14)10-16(13)23-17(20)11-15(18(21)22)19(2,3)4;1-8(13)15-9-5-6-10(7-9)16-11(14)12(2,3)4;1-2-3-4-5-9-10-6-8(10)7-11(9)12;1-10(2,3)9(12)13-8-5-4-7(11)6-8;1-2-3-4-6-9-7-5-8-10(9)11;1-5(8)10-7-3-2-6(9)4-7;;1-3-2/h5,12-16H,1,6-11H2,2-4H3,(H,21,22);5-6,9-10H,7H2,1-4H3;2,8-12H,1,3-7H2;4-5,7-8,11H,6H2,1-3H3;2,5,7,9-11H,1,3-4,6,8H2;2-3,6-7,9H,4H2,1H3;1H4;/t12-,13+,14-,15+,16+;9-,10+;8-,9+,10-,11+;7-,8+;9-,10-;6-,7+;;/m000011../s1. The molecule has 0 heterocycles. The van der Waals surface area contributed by atoms with Crippen molar-refractivity contribution in [2.45, 2.75) is 254 Å². The van der Waals surface area contributed by atoms with E-state index in [4.69, 9.17) is 33.9 Å². The number of carbonyl (C=O) groups excluding carboxylic acids is 5. The molecule has 17 atom stereocenters. The Morgan fingerprint density at radius 1 is 0.551 bits per heavy atom. The van der Waals surface area contributed by atoms with E-state index in [1.165, 1.54) is 39.5 Å². The molecule has 0 aromatic rings. The summed E-state index contributed by atoms with van der Waals surface area (Å²) in [5.74, 6) is 1.66. The Balaban J connectivity index is 0.000000540. The van der Waals surface area contributed by atoms with E-state index in [9.17, 15) is 44.1 Å². The summed E-state index contributed by atoms with van der Waals surface area (Å²) in [5.41, 5.74) is -1.43. The Morgan fingerprint density at radius 2 is 0.955 bits per heavy atom. The van der Waals surface area contributed by atoms with Crippen LogP contribution in [0, 0.1) is 63.6 Å². The minimum Gasteiger partial charge on any atom is -0.481 e. The number of hydrogen-bond acceptors (Lipinski definition) is 15. The first kappa shape index (κ1) is 82.0. The molecule has 5 radical (unpaired) electrons. The largest absolute Gasteiger partial charge is 0.481 e. The molecule has 8 rings (SSSR count). The molecule has 8 aliphatic carbocycles. The van der Waals surface area contributed by atoms with Crippen molar-refractivity contribution in [1.29, 1.82) is 0 Å². The van der Waals surface area contributed by atoms with Gasteiger partial charge in [0.25, 0.3) is 0 Å². The van der Waals surface area contributed by atoms with E-state index in [2.05, 4.69) is 47.4 Å². The van der Waals surface area contributed by atoms with Crippen LogP contribution in [-0.4, -0.2) is 139 Å². The highest BCUT2D eigenvalue weighted by atomic mass is 16.6. The number of ether oxygens (including phenoxy) is 5. The highest BCUT2D eigenvalue weighted by molar-refractivity contribution is 7.17. The Labute approximate surface area is 538 Å². The van der Waals surface area contributed by atoms with Crippen molar-refractivity contribution in [1.82, 2.24) is 0 Å². The third kappa shape index (κ3) is 32.7. The first-order chi connectivity index (χ1) is 41.2. The minimum absolute atomic E-state index is 0. The number of unbranched alkanes of at least 4 members (excludes halogenated alkanes) is 3. The van der Waals surface area contributed by atoms with Crippen LogP contribution in [0.3, 0.4) is 0 Å². The van der Waals surface area contributed by atoms with Gasteiger partial charge in [0.1, 0.15) is 30.5 Å². The van der Waals surface area contributed by atoms with Crippen LogP contribution in [0.2, 0.25) is 0 Å². The normalized spacial score (nSPS) is 29.4. The number of aliphatic carboxylic acids is 1. The number of esters is 5. The quantitative estimate of drug-likeness (QED) is 0.0250. The zero-order valence-corrected chi connectivity index (χ0v) is 55.0. The third-order valence-corrected chi connectivity index (χ3v) is 16.6. The van der Waals surface area contributed by atoms with E-state index < -0.39 is 40.3 Å². The number of carbonyl (C=O) groups is 6. The van der Waals surface area contributed by atoms with E-state index in [0.717, 1.165) is 94.9 Å². The number of fused-ring (bicyclic) bond motifs is 2. The van der Waals surface area contributed by atoms with Gasteiger partial charge in [-0.3, -0.25) is 28.8 Å². The van der Waals surface area contributed by atoms with Crippen LogP contribution in [0.5, 0.6) is 0 Å². The van der Waals surface area contributed by atoms with E-state index in [1.807, 2.05) is 59.8 Å². The minimum atomic E-state index is -0.925. The van der Waals surface area contributed by atoms with Crippen molar-refractivity contribution in [3.05, 3.63) is 86.6 Å². The van der Waals surface area contributed by atoms with E-state index in [0.29, 0.717) is 37.0 Å². The fourth-order valence-corrected chi connectivity index (χ4v) is 11.6. The predicted molar refractivity (Wildman–Crippen MR) is 353 cm³/mol. The zero-order chi connectivity index (χ0) is 66.5. The molecule has 16 nitrogen and oxygen atoms in total. The molecule has 0 amide bonds. The summed E-state index contributed by atoms with van der Waals surface area (Å²) in [6.07, 6.45) is 35.3. The van der Waals surface area contributed by atoms with Crippen molar-refractivity contribution in [2.24, 2.45) is 63.6 Å². The second kappa shape index (κ2) is 40.8. The van der Waals surface area contributed by atoms with Gasteiger partial charge in [0.2, 0.25) is 0 Å². The van der Waals surface area contributed by atoms with Gasteiger partial charge in [-0.1, -0.05) is 70.7 Å². The van der Waals surface area contributed by atoms with Gasteiger partial charge in [-0.15, -0.1) is 19.7 Å². The maximum atomic E-state index is 12.3. The number of aliphatic hydroxyl groups excluding tert-OH is 4. The van der Waals surface area contributed by atoms with E-state index in [1.54, 1.807) is 57.2 Å². The predicted octanol–water partition coefficient (Wildman–Crippen LogP) is 11.5. The lowest BCUT2D eigenvalue weighted by atomic mass is 9.40. The lowest BCUT2D eigenvalue weighted by Crippen LogP contribution is -2.33. The fourth-order valence-electron chi connectivity index (χ4n) is 11.6. The molecule has 0 unspecified atom stereocenters. The first-order valence-corrected chi connectivity index (χ1v) is 31.9. The maximum Gasteiger partial charge on any atom is 0.311 e. The van der Waals surface area contributed by atoms with Crippen LogP contribution >= 0.6 is 0 Å². The summed E-state index contributed by atoms with van der Waals surface area (Å²) in [6, 6.07) is 0. The van der Waals surface area contributed by atoms with Gasteiger partial charge < -0.3 is 49.2 Å². The average molecular weight is 1240 g/mol. The molecule has 4 saturated carbocycles. The van der Waals surface area contributed by atoms with Crippen molar-refractivity contribution < 1.29 is 78.0 Å². The van der Waals surface area contributed by atoms with Crippen LogP contribution in [0.4, 0.5) is 0 Å². The molecular weight excluding hydrogens is 1130 g/mol. The molecule has 0 aromatic carbocycles. The summed E-state index contributed by atoms with van der Waals surface area (Å²) in [5, 5.41) is 46.5. The summed E-state index contributed by atoms with van der Waals surface area (Å²) in [6.45, 7) is 30.2. The van der Waals surface area contributed by atoms with Crippen molar-refractivity contribution in [2.75, 3.05) is 0 Å². The summed E-state index contributed by atoms with van der Waals surface area (Å²) >= 11 is 0. The molecule has 0 aliphatic heterocycles. The van der Waals surface area contributed by atoms with Gasteiger partial charge in [-0.05, 0) is 197 Å². The molecule has 497 valence electrons. The third-order valence-electron chi connectivity index (χ3n) is 16.6. The molecule has 5 N–H and O–H groups in total. The highest BCUT2D eigenvalue weighted by Gasteiger charge is 2.55.